The second-order valence-electron chi connectivity index (χ2n) is 2.17. The summed E-state index contributed by atoms with van der Waals surface area (Å²) in [6, 6.07) is 1.98. The molecule has 0 bridgehead atoms. The Labute approximate surface area is 53.9 Å². The fourth-order valence-corrected chi connectivity index (χ4v) is 0.850. The second kappa shape index (κ2) is 2.81. The molecule has 1 rings (SSSR count). The van der Waals surface area contributed by atoms with Crippen LogP contribution in [0.25, 0.3) is 0 Å². The first-order valence-electron chi connectivity index (χ1n) is 3.00. The van der Waals surface area contributed by atoms with Crippen LogP contribution in [0.5, 0.6) is 0 Å². The van der Waals surface area contributed by atoms with Crippen molar-refractivity contribution >= 4 is 0 Å². The molecule has 2 atom stereocenters. The van der Waals surface area contributed by atoms with Gasteiger partial charge in [0.05, 0.1) is 24.7 Å². The van der Waals surface area contributed by atoms with Gasteiger partial charge in [0.15, 0.2) is 0 Å². The van der Waals surface area contributed by atoms with Crippen molar-refractivity contribution < 1.29 is 9.84 Å². The normalized spacial score (nSPS) is 35.6. The molecule has 0 amide bonds. The van der Waals surface area contributed by atoms with E-state index in [1.807, 2.05) is 6.07 Å². The molecule has 50 valence electrons. The molecule has 0 radical (unpaired) electrons. The lowest BCUT2D eigenvalue weighted by Gasteiger charge is -2.21. The van der Waals surface area contributed by atoms with Gasteiger partial charge in [0.1, 0.15) is 0 Å². The van der Waals surface area contributed by atoms with Crippen molar-refractivity contribution in [3.8, 4) is 6.07 Å². The summed E-state index contributed by atoms with van der Waals surface area (Å²) in [5.74, 6) is -0.307. The minimum absolute atomic E-state index is 0.307. The van der Waals surface area contributed by atoms with Crippen LogP contribution >= 0.6 is 0 Å². The van der Waals surface area contributed by atoms with Crippen LogP contribution in [0, 0.1) is 17.2 Å². The maximum atomic E-state index is 9.07. The van der Waals surface area contributed by atoms with Gasteiger partial charge < -0.3 is 9.84 Å². The number of ether oxygens (including phenoxy) is 1. The van der Waals surface area contributed by atoms with E-state index in [-0.39, 0.29) is 5.92 Å². The summed E-state index contributed by atoms with van der Waals surface area (Å²) in [7, 11) is 0. The molecule has 3 heteroatoms. The molecule has 1 N–H and O–H groups in total. The second-order valence-corrected chi connectivity index (χ2v) is 2.17. The van der Waals surface area contributed by atoms with Gasteiger partial charge in [-0.05, 0) is 6.42 Å². The largest absolute Gasteiger partial charge is 0.392 e. The zero-order valence-corrected chi connectivity index (χ0v) is 5.08. The minimum Gasteiger partial charge on any atom is -0.392 e. The lowest BCUT2D eigenvalue weighted by Crippen LogP contribution is -2.30. The van der Waals surface area contributed by atoms with Crippen molar-refractivity contribution in [2.24, 2.45) is 5.92 Å². The maximum Gasteiger partial charge on any atom is 0.0956 e. The Morgan fingerprint density at radius 2 is 2.44 bits per heavy atom. The molecule has 3 nitrogen and oxygen atoms in total. The summed E-state index contributed by atoms with van der Waals surface area (Å²) in [4.78, 5) is 0. The monoisotopic (exact) mass is 127 g/mol. The molecule has 0 aromatic heterocycles. The topological polar surface area (TPSA) is 53.2 Å². The highest BCUT2D eigenvalue weighted by molar-refractivity contribution is 4.89. The quantitative estimate of drug-likeness (QED) is 0.494. The van der Waals surface area contributed by atoms with Crippen LogP contribution in [0.4, 0.5) is 0 Å². The lowest BCUT2D eigenvalue weighted by atomic mass is 10.0. The predicted octanol–water partition coefficient (Wildman–Crippen LogP) is -0.0926. The fraction of sp³-hybridized carbons (Fsp3) is 0.833. The molecule has 1 saturated heterocycles. The van der Waals surface area contributed by atoms with Crippen LogP contribution in [0.1, 0.15) is 6.42 Å². The Bertz CT molecular complexity index is 130. The number of rotatable bonds is 0. The Morgan fingerprint density at radius 1 is 1.67 bits per heavy atom. The zero-order valence-electron chi connectivity index (χ0n) is 5.08. The fourth-order valence-electron chi connectivity index (χ4n) is 0.850. The molecule has 0 aliphatic carbocycles. The van der Waals surface area contributed by atoms with E-state index in [1.165, 1.54) is 0 Å². The SMILES string of the molecule is N#C[C@@H]1COCC[C@@H]1O. The maximum absolute atomic E-state index is 9.07. The molecular formula is C6H9NO2. The highest BCUT2D eigenvalue weighted by atomic mass is 16.5. The van der Waals surface area contributed by atoms with Crippen LogP contribution < -0.4 is 0 Å². The van der Waals surface area contributed by atoms with Crippen LogP contribution in [0.2, 0.25) is 0 Å². The molecule has 9 heavy (non-hydrogen) atoms. The molecule has 0 unspecified atom stereocenters. The molecular weight excluding hydrogens is 118 g/mol. The van der Waals surface area contributed by atoms with E-state index >= 15 is 0 Å². The highest BCUT2D eigenvalue weighted by Crippen LogP contribution is 2.12. The van der Waals surface area contributed by atoms with E-state index < -0.39 is 6.10 Å². The number of nitrogens with zero attached hydrogens (tertiary/aromatic N) is 1. The van der Waals surface area contributed by atoms with Gasteiger partial charge in [-0.25, -0.2) is 0 Å². The van der Waals surface area contributed by atoms with E-state index in [9.17, 15) is 0 Å². The van der Waals surface area contributed by atoms with Crippen molar-refractivity contribution in [1.82, 2.24) is 0 Å². The number of hydrogen-bond donors (Lipinski definition) is 1. The van der Waals surface area contributed by atoms with Crippen LogP contribution in [-0.2, 0) is 4.74 Å². The van der Waals surface area contributed by atoms with Gasteiger partial charge in [-0.3, -0.25) is 0 Å². The van der Waals surface area contributed by atoms with Crippen molar-refractivity contribution in [2.45, 2.75) is 12.5 Å². The summed E-state index contributed by atoms with van der Waals surface area (Å²) >= 11 is 0. The van der Waals surface area contributed by atoms with Crippen molar-refractivity contribution in [3.63, 3.8) is 0 Å². The van der Waals surface area contributed by atoms with Crippen molar-refractivity contribution in [3.05, 3.63) is 0 Å². The van der Waals surface area contributed by atoms with Gasteiger partial charge >= 0.3 is 0 Å². The number of nitriles is 1. The molecule has 1 fully saturated rings. The molecule has 0 saturated carbocycles. The number of aliphatic hydroxyl groups excluding tert-OH is 1. The summed E-state index contributed by atoms with van der Waals surface area (Å²) in [5, 5.41) is 17.4. The molecule has 1 aliphatic rings. The van der Waals surface area contributed by atoms with Gasteiger partial charge in [0, 0.05) is 6.61 Å². The summed E-state index contributed by atoms with van der Waals surface area (Å²) in [6.07, 6.45) is 0.127. The molecule has 0 spiro atoms. The Morgan fingerprint density at radius 3 is 2.89 bits per heavy atom. The summed E-state index contributed by atoms with van der Waals surface area (Å²) in [6.45, 7) is 0.969. The Balaban J connectivity index is 2.41. The van der Waals surface area contributed by atoms with Crippen LogP contribution in [-0.4, -0.2) is 24.4 Å². The van der Waals surface area contributed by atoms with Gasteiger partial charge in [0.25, 0.3) is 0 Å². The lowest BCUT2D eigenvalue weighted by molar-refractivity contribution is -0.0149. The van der Waals surface area contributed by atoms with Gasteiger partial charge in [0.2, 0.25) is 0 Å². The molecule has 1 aliphatic heterocycles. The van der Waals surface area contributed by atoms with E-state index in [0.29, 0.717) is 19.6 Å². The molecule has 1 heterocycles. The first-order chi connectivity index (χ1) is 4.34. The Kier molecular flexibility index (Phi) is 2.04. The third kappa shape index (κ3) is 1.41. The smallest absolute Gasteiger partial charge is 0.0956 e. The average Bonchev–Trinajstić information content (AvgIpc) is 1.89. The van der Waals surface area contributed by atoms with E-state index in [2.05, 4.69) is 0 Å². The van der Waals surface area contributed by atoms with Gasteiger partial charge in [-0.2, -0.15) is 5.26 Å². The van der Waals surface area contributed by atoms with E-state index in [0.717, 1.165) is 0 Å². The summed E-state index contributed by atoms with van der Waals surface area (Å²) in [5.41, 5.74) is 0. The van der Waals surface area contributed by atoms with Gasteiger partial charge in [-0.15, -0.1) is 0 Å². The van der Waals surface area contributed by atoms with Crippen molar-refractivity contribution in [1.29, 1.82) is 5.26 Å². The average molecular weight is 127 g/mol. The van der Waals surface area contributed by atoms with Gasteiger partial charge in [-0.1, -0.05) is 0 Å². The van der Waals surface area contributed by atoms with E-state index in [4.69, 9.17) is 15.1 Å². The van der Waals surface area contributed by atoms with E-state index in [1.54, 1.807) is 0 Å². The third-order valence-electron chi connectivity index (χ3n) is 1.49. The van der Waals surface area contributed by atoms with Crippen LogP contribution in [0.3, 0.4) is 0 Å². The van der Waals surface area contributed by atoms with Crippen molar-refractivity contribution in [2.75, 3.05) is 13.2 Å². The number of hydrogen-bond acceptors (Lipinski definition) is 3. The standard InChI is InChI=1S/C6H9NO2/c7-3-5-4-9-2-1-6(5)8/h5-6,8H,1-2,4H2/t5-,6+/m1/s1. The zero-order chi connectivity index (χ0) is 6.69. The molecule has 0 aromatic rings. The molecule has 0 aromatic carbocycles. The Hall–Kier alpha value is -0.590. The first-order valence-corrected chi connectivity index (χ1v) is 3.00. The minimum atomic E-state index is -0.469. The first kappa shape index (κ1) is 6.53. The summed E-state index contributed by atoms with van der Waals surface area (Å²) < 4.78 is 4.96. The third-order valence-corrected chi connectivity index (χ3v) is 1.49. The highest BCUT2D eigenvalue weighted by Gasteiger charge is 2.22. The predicted molar refractivity (Wildman–Crippen MR) is 30.5 cm³/mol. The van der Waals surface area contributed by atoms with Crippen LogP contribution in [0.15, 0.2) is 0 Å². The number of aliphatic hydroxyl groups is 1.